The second-order valence-corrected chi connectivity index (χ2v) is 6.79. The Labute approximate surface area is 153 Å². The van der Waals surface area contributed by atoms with Gasteiger partial charge in [-0.15, -0.1) is 0 Å². The minimum atomic E-state index is 0.924. The van der Waals surface area contributed by atoms with Crippen LogP contribution in [0, 0.1) is 0 Å². The van der Waals surface area contributed by atoms with Crippen LogP contribution in [0.25, 0.3) is 0 Å². The Hall–Kier alpha value is -1.75. The highest BCUT2D eigenvalue weighted by atomic mass is 15.2. The summed E-state index contributed by atoms with van der Waals surface area (Å²) >= 11 is 0. The molecule has 0 unspecified atom stereocenters. The molecule has 0 radical (unpaired) electrons. The molecule has 0 aliphatic carbocycles. The summed E-state index contributed by atoms with van der Waals surface area (Å²) in [4.78, 5) is 9.17. The van der Waals surface area contributed by atoms with Crippen molar-refractivity contribution in [1.29, 1.82) is 0 Å². The van der Waals surface area contributed by atoms with Crippen LogP contribution in [0.1, 0.15) is 32.1 Å². The lowest BCUT2D eigenvalue weighted by atomic mass is 10.1. The second kappa shape index (κ2) is 11.7. The van der Waals surface area contributed by atoms with Gasteiger partial charge in [0, 0.05) is 46.0 Å². The van der Waals surface area contributed by atoms with Crippen LogP contribution in [0.5, 0.6) is 0 Å². The summed E-state index contributed by atoms with van der Waals surface area (Å²) in [6.07, 6.45) is 6.41. The van der Waals surface area contributed by atoms with Crippen LogP contribution in [0.4, 0.5) is 5.69 Å². The van der Waals surface area contributed by atoms with Crippen LogP contribution in [0.2, 0.25) is 0 Å². The first-order chi connectivity index (χ1) is 12.3. The third-order valence-corrected chi connectivity index (χ3v) is 4.80. The van der Waals surface area contributed by atoms with E-state index < -0.39 is 0 Å². The molecule has 1 aliphatic heterocycles. The summed E-state index contributed by atoms with van der Waals surface area (Å²) in [6.45, 7) is 6.63. The van der Waals surface area contributed by atoms with Gasteiger partial charge in [0.05, 0.1) is 0 Å². The lowest BCUT2D eigenvalue weighted by Gasteiger charge is -2.26. The smallest absolute Gasteiger partial charge is 0.191 e. The van der Waals surface area contributed by atoms with E-state index in [1.807, 2.05) is 7.05 Å². The first kappa shape index (κ1) is 19.6. The number of nitrogens with zero attached hydrogens (tertiary/aromatic N) is 3. The fraction of sp³-hybridized carbons (Fsp3) is 0.650. The van der Waals surface area contributed by atoms with E-state index >= 15 is 0 Å². The summed E-state index contributed by atoms with van der Waals surface area (Å²) < 4.78 is 0. The molecule has 0 aromatic heterocycles. The van der Waals surface area contributed by atoms with Crippen molar-refractivity contribution in [3.63, 3.8) is 0 Å². The molecule has 1 aliphatic rings. The van der Waals surface area contributed by atoms with Crippen molar-refractivity contribution >= 4 is 11.6 Å². The number of para-hydroxylation sites is 1. The highest BCUT2D eigenvalue weighted by Crippen LogP contribution is 2.11. The van der Waals surface area contributed by atoms with Gasteiger partial charge in [-0.3, -0.25) is 4.99 Å². The van der Waals surface area contributed by atoms with Crippen molar-refractivity contribution in [2.45, 2.75) is 32.1 Å². The number of piperidine rings is 1. The van der Waals surface area contributed by atoms with Gasteiger partial charge in [0.1, 0.15) is 0 Å². The summed E-state index contributed by atoms with van der Waals surface area (Å²) in [5.41, 5.74) is 1.28. The topological polar surface area (TPSA) is 42.9 Å². The molecule has 140 valence electrons. The Morgan fingerprint density at radius 2 is 1.76 bits per heavy atom. The van der Waals surface area contributed by atoms with Crippen LogP contribution in [0.3, 0.4) is 0 Å². The predicted octanol–water partition coefficient (Wildman–Crippen LogP) is 2.55. The summed E-state index contributed by atoms with van der Waals surface area (Å²) in [6, 6.07) is 10.6. The van der Waals surface area contributed by atoms with Gasteiger partial charge >= 0.3 is 0 Å². The van der Waals surface area contributed by atoms with E-state index in [0.717, 1.165) is 38.6 Å². The quantitative estimate of drug-likeness (QED) is 0.410. The third kappa shape index (κ3) is 7.78. The Morgan fingerprint density at radius 1 is 1.04 bits per heavy atom. The maximum absolute atomic E-state index is 4.32. The van der Waals surface area contributed by atoms with E-state index in [1.54, 1.807) is 0 Å². The van der Waals surface area contributed by atoms with Gasteiger partial charge in [-0.1, -0.05) is 24.6 Å². The minimum absolute atomic E-state index is 0.924. The number of benzene rings is 1. The lowest BCUT2D eigenvalue weighted by molar-refractivity contribution is 0.232. The average molecular weight is 346 g/mol. The molecule has 5 heteroatoms. The second-order valence-electron chi connectivity index (χ2n) is 6.79. The zero-order valence-electron chi connectivity index (χ0n) is 16.0. The van der Waals surface area contributed by atoms with E-state index in [2.05, 4.69) is 62.8 Å². The van der Waals surface area contributed by atoms with Crippen molar-refractivity contribution in [3.8, 4) is 0 Å². The maximum Gasteiger partial charge on any atom is 0.191 e. The van der Waals surface area contributed by atoms with Gasteiger partial charge < -0.3 is 20.4 Å². The van der Waals surface area contributed by atoms with Crippen molar-refractivity contribution in [1.82, 2.24) is 15.5 Å². The molecule has 0 bridgehead atoms. The van der Waals surface area contributed by atoms with Gasteiger partial charge in [-0.25, -0.2) is 0 Å². The van der Waals surface area contributed by atoms with E-state index in [4.69, 9.17) is 0 Å². The number of hydrogen-bond acceptors (Lipinski definition) is 3. The minimum Gasteiger partial charge on any atom is -0.375 e. The molecule has 1 aromatic rings. The maximum atomic E-state index is 4.32. The van der Waals surface area contributed by atoms with E-state index in [9.17, 15) is 0 Å². The number of likely N-dealkylation sites (tertiary alicyclic amines) is 1. The molecule has 0 saturated carbocycles. The molecular weight excluding hydrogens is 310 g/mol. The molecule has 0 amide bonds. The number of anilines is 1. The highest BCUT2D eigenvalue weighted by molar-refractivity contribution is 5.79. The fourth-order valence-corrected chi connectivity index (χ4v) is 3.23. The number of guanidine groups is 1. The Balaban J connectivity index is 1.52. The third-order valence-electron chi connectivity index (χ3n) is 4.80. The predicted molar refractivity (Wildman–Crippen MR) is 109 cm³/mol. The molecule has 25 heavy (non-hydrogen) atoms. The summed E-state index contributed by atoms with van der Waals surface area (Å²) in [5.74, 6) is 0.924. The molecular formula is C20H35N5. The van der Waals surface area contributed by atoms with Gasteiger partial charge in [0.2, 0.25) is 0 Å². The number of hydrogen-bond donors (Lipinski definition) is 2. The monoisotopic (exact) mass is 345 g/mol. The number of nitrogens with one attached hydrogen (secondary N) is 2. The standard InChI is InChI=1S/C20H35N5/c1-21-20(23-14-18-25-16-8-4-9-17-25)22-13-7-10-15-24(2)19-11-5-3-6-12-19/h3,5-6,11-12H,4,7-10,13-18H2,1-2H3,(H2,21,22,23). The van der Waals surface area contributed by atoms with Gasteiger partial charge in [0.25, 0.3) is 0 Å². The summed E-state index contributed by atoms with van der Waals surface area (Å²) in [5, 5.41) is 6.85. The highest BCUT2D eigenvalue weighted by Gasteiger charge is 2.09. The Morgan fingerprint density at radius 3 is 2.48 bits per heavy atom. The normalized spacial score (nSPS) is 15.8. The fourth-order valence-electron chi connectivity index (χ4n) is 3.23. The molecule has 0 atom stereocenters. The molecule has 1 aromatic carbocycles. The van der Waals surface area contributed by atoms with Crippen LogP contribution < -0.4 is 15.5 Å². The molecule has 0 spiro atoms. The first-order valence-electron chi connectivity index (χ1n) is 9.72. The Bertz CT molecular complexity index is 482. The van der Waals surface area contributed by atoms with Crippen LogP contribution in [0.15, 0.2) is 35.3 Å². The molecule has 1 saturated heterocycles. The largest absolute Gasteiger partial charge is 0.375 e. The van der Waals surface area contributed by atoms with Crippen LogP contribution >= 0.6 is 0 Å². The van der Waals surface area contributed by atoms with Crippen molar-refractivity contribution in [2.75, 3.05) is 58.3 Å². The van der Waals surface area contributed by atoms with E-state index in [1.165, 1.54) is 44.5 Å². The van der Waals surface area contributed by atoms with Crippen LogP contribution in [-0.4, -0.2) is 64.2 Å². The number of aliphatic imine (C=N–C) groups is 1. The Kier molecular flexibility index (Phi) is 9.19. The molecule has 1 fully saturated rings. The SMILES string of the molecule is CN=C(NCCCCN(C)c1ccccc1)NCCN1CCCCC1. The van der Waals surface area contributed by atoms with Crippen LogP contribution in [-0.2, 0) is 0 Å². The molecule has 2 N–H and O–H groups in total. The zero-order chi connectivity index (χ0) is 17.7. The number of unbranched alkanes of at least 4 members (excludes halogenated alkanes) is 1. The van der Waals surface area contributed by atoms with E-state index in [0.29, 0.717) is 0 Å². The van der Waals surface area contributed by atoms with Gasteiger partial charge in [-0.2, -0.15) is 0 Å². The molecule has 1 heterocycles. The summed E-state index contributed by atoms with van der Waals surface area (Å²) in [7, 11) is 4.00. The number of rotatable bonds is 9. The average Bonchev–Trinajstić information content (AvgIpc) is 2.67. The van der Waals surface area contributed by atoms with Crippen molar-refractivity contribution in [3.05, 3.63) is 30.3 Å². The lowest BCUT2D eigenvalue weighted by Crippen LogP contribution is -2.43. The van der Waals surface area contributed by atoms with Crippen molar-refractivity contribution in [2.24, 2.45) is 4.99 Å². The molecule has 5 nitrogen and oxygen atoms in total. The zero-order valence-corrected chi connectivity index (χ0v) is 16.0. The van der Waals surface area contributed by atoms with E-state index in [-0.39, 0.29) is 0 Å². The van der Waals surface area contributed by atoms with Gasteiger partial charge in [0.15, 0.2) is 5.96 Å². The molecule has 2 rings (SSSR count). The van der Waals surface area contributed by atoms with Crippen molar-refractivity contribution < 1.29 is 0 Å². The van der Waals surface area contributed by atoms with Gasteiger partial charge in [-0.05, 0) is 50.9 Å². The first-order valence-corrected chi connectivity index (χ1v) is 9.72.